The molecule has 0 saturated carbocycles. The van der Waals surface area contributed by atoms with Gasteiger partial charge < -0.3 is 4.90 Å². The normalized spacial score (nSPS) is 21.6. The summed E-state index contributed by atoms with van der Waals surface area (Å²) in [6.45, 7) is 6.64. The van der Waals surface area contributed by atoms with Crippen LogP contribution in [0.2, 0.25) is 0 Å². The fraction of sp³-hybridized carbons (Fsp3) is 0.357. The molecule has 0 aliphatic carbocycles. The Morgan fingerprint density at radius 3 is 2.65 bits per heavy atom. The van der Waals surface area contributed by atoms with Crippen LogP contribution in [0.25, 0.3) is 0 Å². The van der Waals surface area contributed by atoms with Gasteiger partial charge in [0, 0.05) is 23.4 Å². The average molecular weight is 294 g/mol. The van der Waals surface area contributed by atoms with Gasteiger partial charge in [0.05, 0.1) is 6.04 Å². The summed E-state index contributed by atoms with van der Waals surface area (Å²) in [7, 11) is 0. The van der Waals surface area contributed by atoms with Crippen molar-refractivity contribution in [3.8, 4) is 0 Å². The average Bonchev–Trinajstić information content (AvgIpc) is 2.71. The van der Waals surface area contributed by atoms with E-state index in [1.807, 2.05) is 23.1 Å². The number of nitrogens with zero attached hydrogens (tertiary/aromatic N) is 1. The van der Waals surface area contributed by atoms with E-state index >= 15 is 0 Å². The third-order valence-electron chi connectivity index (χ3n) is 3.34. The highest BCUT2D eigenvalue weighted by molar-refractivity contribution is 9.10. The molecular weight excluding hydrogens is 278 g/mol. The highest BCUT2D eigenvalue weighted by Gasteiger charge is 2.31. The molecule has 90 valence electrons. The predicted octanol–water partition coefficient (Wildman–Crippen LogP) is 3.54. The van der Waals surface area contributed by atoms with Crippen LogP contribution in [-0.2, 0) is 4.79 Å². The van der Waals surface area contributed by atoms with Gasteiger partial charge in [-0.1, -0.05) is 34.1 Å². The maximum Gasteiger partial charge on any atom is 0.223 e. The molecule has 2 nitrogen and oxygen atoms in total. The molecule has 2 atom stereocenters. The summed E-state index contributed by atoms with van der Waals surface area (Å²) in [6, 6.07) is 8.28. The van der Waals surface area contributed by atoms with Gasteiger partial charge >= 0.3 is 0 Å². The minimum Gasteiger partial charge on any atom is -0.335 e. The van der Waals surface area contributed by atoms with E-state index in [9.17, 15) is 4.79 Å². The van der Waals surface area contributed by atoms with Crippen LogP contribution in [0.5, 0.6) is 0 Å². The summed E-state index contributed by atoms with van der Waals surface area (Å²) < 4.78 is 1.06. The summed E-state index contributed by atoms with van der Waals surface area (Å²) in [6.07, 6.45) is 2.48. The second-order valence-electron chi connectivity index (χ2n) is 4.47. The van der Waals surface area contributed by atoms with E-state index in [4.69, 9.17) is 0 Å². The molecule has 17 heavy (non-hydrogen) atoms. The Kier molecular flexibility index (Phi) is 3.67. The molecule has 1 aliphatic rings. The van der Waals surface area contributed by atoms with Crippen molar-refractivity contribution in [3.05, 3.63) is 47.0 Å². The summed E-state index contributed by atoms with van der Waals surface area (Å²) in [5.41, 5.74) is 1.17. The number of amides is 1. The van der Waals surface area contributed by atoms with Gasteiger partial charge in [-0.25, -0.2) is 0 Å². The van der Waals surface area contributed by atoms with E-state index in [1.54, 1.807) is 0 Å². The summed E-state index contributed by atoms with van der Waals surface area (Å²) in [5.74, 6) is 0.533. The first-order valence-electron chi connectivity index (χ1n) is 5.79. The third-order valence-corrected chi connectivity index (χ3v) is 3.87. The number of rotatable bonds is 3. The van der Waals surface area contributed by atoms with Crippen LogP contribution in [0.4, 0.5) is 0 Å². The molecule has 1 fully saturated rings. The van der Waals surface area contributed by atoms with Crippen LogP contribution in [-0.4, -0.2) is 17.4 Å². The topological polar surface area (TPSA) is 20.3 Å². The fourth-order valence-electron chi connectivity index (χ4n) is 2.21. The summed E-state index contributed by atoms with van der Waals surface area (Å²) in [5, 5.41) is 0. The van der Waals surface area contributed by atoms with Crippen molar-refractivity contribution in [3.63, 3.8) is 0 Å². The van der Waals surface area contributed by atoms with Crippen LogP contribution in [0.15, 0.2) is 41.4 Å². The van der Waals surface area contributed by atoms with E-state index in [2.05, 4.69) is 41.6 Å². The lowest BCUT2D eigenvalue weighted by atomic mass is 10.1. The largest absolute Gasteiger partial charge is 0.335 e. The van der Waals surface area contributed by atoms with Crippen LogP contribution in [0.1, 0.15) is 24.9 Å². The first-order chi connectivity index (χ1) is 8.11. The maximum atomic E-state index is 11.9. The molecule has 0 radical (unpaired) electrons. The van der Waals surface area contributed by atoms with Gasteiger partial charge in [-0.3, -0.25) is 4.79 Å². The van der Waals surface area contributed by atoms with Gasteiger partial charge in [0.25, 0.3) is 0 Å². The second-order valence-corrected chi connectivity index (χ2v) is 5.39. The fourth-order valence-corrected chi connectivity index (χ4v) is 2.48. The minimum absolute atomic E-state index is 0.139. The number of benzene rings is 1. The number of carbonyl (C=O) groups excluding carboxylic acids is 1. The van der Waals surface area contributed by atoms with Gasteiger partial charge in [-0.15, -0.1) is 6.58 Å². The van der Waals surface area contributed by atoms with Gasteiger partial charge in [0.15, 0.2) is 0 Å². The molecule has 1 aliphatic heterocycles. The third kappa shape index (κ3) is 2.60. The molecule has 1 amide bonds. The SMILES string of the molecule is C=CC1CC(=O)N([C@@H](C)c2ccc(Br)cc2)C1. The van der Waals surface area contributed by atoms with E-state index in [0.29, 0.717) is 12.3 Å². The number of carbonyl (C=O) groups is 1. The molecule has 0 spiro atoms. The van der Waals surface area contributed by atoms with Crippen LogP contribution in [0, 0.1) is 5.92 Å². The zero-order chi connectivity index (χ0) is 12.4. The van der Waals surface area contributed by atoms with Crippen molar-refractivity contribution < 1.29 is 4.79 Å². The Bertz CT molecular complexity index is 426. The molecule has 1 unspecified atom stereocenters. The molecule has 1 aromatic carbocycles. The van der Waals surface area contributed by atoms with E-state index in [-0.39, 0.29) is 11.9 Å². The van der Waals surface area contributed by atoms with E-state index in [0.717, 1.165) is 11.0 Å². The number of likely N-dealkylation sites (tertiary alicyclic amines) is 1. The smallest absolute Gasteiger partial charge is 0.223 e. The molecule has 1 aromatic rings. The van der Waals surface area contributed by atoms with Crippen LogP contribution >= 0.6 is 15.9 Å². The summed E-state index contributed by atoms with van der Waals surface area (Å²) in [4.78, 5) is 13.8. The molecule has 1 heterocycles. The minimum atomic E-state index is 0.139. The Morgan fingerprint density at radius 1 is 1.47 bits per heavy atom. The zero-order valence-corrected chi connectivity index (χ0v) is 11.5. The van der Waals surface area contributed by atoms with E-state index < -0.39 is 0 Å². The molecule has 2 rings (SSSR count). The lowest BCUT2D eigenvalue weighted by Gasteiger charge is -2.25. The number of hydrogen-bond acceptors (Lipinski definition) is 1. The lowest BCUT2D eigenvalue weighted by Crippen LogP contribution is -2.28. The molecule has 0 bridgehead atoms. The second kappa shape index (κ2) is 5.05. The standard InChI is InChI=1S/C14H16BrNO/c1-3-11-8-14(17)16(9-11)10(2)12-4-6-13(15)7-5-12/h3-7,10-11H,1,8-9H2,2H3/t10-,11?/m0/s1. The first-order valence-corrected chi connectivity index (χ1v) is 6.58. The first kappa shape index (κ1) is 12.4. The molecule has 0 aromatic heterocycles. The van der Waals surface area contributed by atoms with Gasteiger partial charge in [0.1, 0.15) is 0 Å². The molecule has 3 heteroatoms. The maximum absolute atomic E-state index is 11.9. The van der Waals surface area contributed by atoms with Crippen LogP contribution in [0.3, 0.4) is 0 Å². The van der Waals surface area contributed by atoms with Gasteiger partial charge in [0.2, 0.25) is 5.91 Å². The van der Waals surface area contributed by atoms with Crippen molar-refractivity contribution in [2.45, 2.75) is 19.4 Å². The quantitative estimate of drug-likeness (QED) is 0.781. The van der Waals surface area contributed by atoms with E-state index in [1.165, 1.54) is 5.56 Å². The number of halogens is 1. The van der Waals surface area contributed by atoms with Crippen molar-refractivity contribution >= 4 is 21.8 Å². The summed E-state index contributed by atoms with van der Waals surface area (Å²) >= 11 is 3.42. The van der Waals surface area contributed by atoms with Gasteiger partial charge in [-0.05, 0) is 24.6 Å². The van der Waals surface area contributed by atoms with Crippen molar-refractivity contribution in [2.24, 2.45) is 5.92 Å². The van der Waals surface area contributed by atoms with Gasteiger partial charge in [-0.2, -0.15) is 0 Å². The molecule has 0 N–H and O–H groups in total. The molecular formula is C14H16BrNO. The van der Waals surface area contributed by atoms with Crippen molar-refractivity contribution in [2.75, 3.05) is 6.54 Å². The Labute approximate surface area is 110 Å². The van der Waals surface area contributed by atoms with Crippen LogP contribution < -0.4 is 0 Å². The van der Waals surface area contributed by atoms with Crippen molar-refractivity contribution in [1.82, 2.24) is 4.90 Å². The number of hydrogen-bond donors (Lipinski definition) is 0. The Balaban J connectivity index is 2.15. The highest BCUT2D eigenvalue weighted by atomic mass is 79.9. The molecule has 1 saturated heterocycles. The highest BCUT2D eigenvalue weighted by Crippen LogP contribution is 2.29. The Hall–Kier alpha value is -1.09. The monoisotopic (exact) mass is 293 g/mol. The Morgan fingerprint density at radius 2 is 2.12 bits per heavy atom. The lowest BCUT2D eigenvalue weighted by molar-refractivity contribution is -0.129. The zero-order valence-electron chi connectivity index (χ0n) is 9.90. The van der Waals surface area contributed by atoms with Crippen molar-refractivity contribution in [1.29, 1.82) is 0 Å². The predicted molar refractivity (Wildman–Crippen MR) is 72.6 cm³/mol.